The lowest BCUT2D eigenvalue weighted by atomic mass is 10.2. The minimum absolute atomic E-state index is 0.556. The fourth-order valence-electron chi connectivity index (χ4n) is 0.440. The number of allylic oxidation sites excluding steroid dienone is 1. The third-order valence-electron chi connectivity index (χ3n) is 0.911. The largest absolute Gasteiger partial charge is 0.389 e. The van der Waals surface area contributed by atoms with Gasteiger partial charge in [-0.1, -0.05) is 19.9 Å². The summed E-state index contributed by atoms with van der Waals surface area (Å²) in [6, 6.07) is 0.556. The van der Waals surface area contributed by atoms with Crippen LogP contribution in [0.2, 0.25) is 0 Å². The molecule has 0 saturated carbocycles. The van der Waals surface area contributed by atoms with Crippen LogP contribution in [0.1, 0.15) is 27.7 Å². The van der Waals surface area contributed by atoms with Crippen molar-refractivity contribution in [3.05, 3.63) is 12.3 Å². The Balaban J connectivity index is 3.25. The highest BCUT2D eigenvalue weighted by molar-refractivity contribution is 4.83. The van der Waals surface area contributed by atoms with Gasteiger partial charge < -0.3 is 5.32 Å². The van der Waals surface area contributed by atoms with Crippen LogP contribution in [0.4, 0.5) is 0 Å². The Morgan fingerprint density at radius 1 is 1.11 bits per heavy atom. The highest BCUT2D eigenvalue weighted by Crippen LogP contribution is 1.91. The Labute approximate surface area is 58.2 Å². The van der Waals surface area contributed by atoms with E-state index in [1.165, 1.54) is 0 Å². The third-order valence-corrected chi connectivity index (χ3v) is 0.911. The lowest BCUT2D eigenvalue weighted by Crippen LogP contribution is -2.15. The molecule has 1 nitrogen and oxygen atoms in total. The first-order chi connectivity index (χ1) is 4.13. The van der Waals surface area contributed by atoms with E-state index < -0.39 is 0 Å². The van der Waals surface area contributed by atoms with Crippen LogP contribution >= 0.6 is 0 Å². The van der Waals surface area contributed by atoms with E-state index in [1.807, 2.05) is 6.20 Å². The summed E-state index contributed by atoms with van der Waals surface area (Å²) in [5.41, 5.74) is 0. The number of rotatable bonds is 3. The molecule has 0 fully saturated rings. The molecule has 0 aliphatic carbocycles. The van der Waals surface area contributed by atoms with Crippen molar-refractivity contribution in [1.82, 2.24) is 5.32 Å². The molecule has 54 valence electrons. The van der Waals surface area contributed by atoms with Crippen molar-refractivity contribution in [2.24, 2.45) is 5.92 Å². The molecule has 0 aliphatic heterocycles. The summed E-state index contributed by atoms with van der Waals surface area (Å²) in [4.78, 5) is 0. The molecule has 0 atom stereocenters. The molecule has 0 aromatic carbocycles. The summed E-state index contributed by atoms with van der Waals surface area (Å²) in [6.07, 6.45) is 4.18. The molecule has 0 spiro atoms. The second-order valence-electron chi connectivity index (χ2n) is 2.92. The van der Waals surface area contributed by atoms with Crippen molar-refractivity contribution in [2.75, 3.05) is 0 Å². The van der Waals surface area contributed by atoms with E-state index in [0.717, 1.165) is 0 Å². The number of hydrogen-bond donors (Lipinski definition) is 1. The summed E-state index contributed by atoms with van der Waals surface area (Å²) >= 11 is 0. The average Bonchev–Trinajstić information content (AvgIpc) is 1.63. The van der Waals surface area contributed by atoms with Gasteiger partial charge in [-0.15, -0.1) is 0 Å². The zero-order valence-electron chi connectivity index (χ0n) is 6.81. The summed E-state index contributed by atoms with van der Waals surface area (Å²) in [5, 5.41) is 3.20. The first kappa shape index (κ1) is 8.54. The van der Waals surface area contributed by atoms with E-state index >= 15 is 0 Å². The van der Waals surface area contributed by atoms with Crippen LogP contribution in [0.25, 0.3) is 0 Å². The second kappa shape index (κ2) is 4.42. The zero-order valence-corrected chi connectivity index (χ0v) is 6.81. The zero-order chi connectivity index (χ0) is 7.28. The normalized spacial score (nSPS) is 11.8. The lowest BCUT2D eigenvalue weighted by molar-refractivity contribution is 0.693. The maximum absolute atomic E-state index is 3.20. The molecule has 0 unspecified atom stereocenters. The Hall–Kier alpha value is -0.460. The van der Waals surface area contributed by atoms with Gasteiger partial charge in [-0.3, -0.25) is 0 Å². The fourth-order valence-corrected chi connectivity index (χ4v) is 0.440. The average molecular weight is 127 g/mol. The van der Waals surface area contributed by atoms with E-state index in [-0.39, 0.29) is 0 Å². The first-order valence-electron chi connectivity index (χ1n) is 3.55. The van der Waals surface area contributed by atoms with Crippen LogP contribution in [0, 0.1) is 5.92 Å². The van der Waals surface area contributed by atoms with E-state index in [1.54, 1.807) is 0 Å². The fraction of sp³-hybridized carbons (Fsp3) is 0.750. The highest BCUT2D eigenvalue weighted by atomic mass is 14.9. The Kier molecular flexibility index (Phi) is 4.20. The Morgan fingerprint density at radius 2 is 1.67 bits per heavy atom. The van der Waals surface area contributed by atoms with E-state index in [0.29, 0.717) is 12.0 Å². The van der Waals surface area contributed by atoms with Crippen LogP contribution < -0.4 is 5.32 Å². The molecule has 0 amide bonds. The minimum atomic E-state index is 0.556. The summed E-state index contributed by atoms with van der Waals surface area (Å²) in [5.74, 6) is 0.649. The van der Waals surface area contributed by atoms with Crippen LogP contribution in [-0.4, -0.2) is 6.04 Å². The minimum Gasteiger partial charge on any atom is -0.389 e. The van der Waals surface area contributed by atoms with Gasteiger partial charge in [0.1, 0.15) is 0 Å². The molecule has 0 bridgehead atoms. The van der Waals surface area contributed by atoms with Crippen molar-refractivity contribution in [1.29, 1.82) is 0 Å². The first-order valence-corrected chi connectivity index (χ1v) is 3.55. The van der Waals surface area contributed by atoms with Crippen LogP contribution in [-0.2, 0) is 0 Å². The van der Waals surface area contributed by atoms with Gasteiger partial charge in [0.15, 0.2) is 0 Å². The van der Waals surface area contributed by atoms with Gasteiger partial charge in [-0.2, -0.15) is 0 Å². The van der Waals surface area contributed by atoms with Gasteiger partial charge >= 0.3 is 0 Å². The van der Waals surface area contributed by atoms with Gasteiger partial charge in [0.05, 0.1) is 0 Å². The van der Waals surface area contributed by atoms with Gasteiger partial charge in [0.25, 0.3) is 0 Å². The smallest absolute Gasteiger partial charge is 0.0199 e. The second-order valence-corrected chi connectivity index (χ2v) is 2.92. The van der Waals surface area contributed by atoms with Gasteiger partial charge in [-0.25, -0.2) is 0 Å². The SMILES string of the molecule is CC(C)C=CNC(C)C. The van der Waals surface area contributed by atoms with Crippen molar-refractivity contribution >= 4 is 0 Å². The molecule has 0 aliphatic rings. The van der Waals surface area contributed by atoms with Crippen molar-refractivity contribution < 1.29 is 0 Å². The molecule has 0 aromatic rings. The summed E-state index contributed by atoms with van der Waals surface area (Å²) in [6.45, 7) is 8.59. The van der Waals surface area contributed by atoms with Crippen molar-refractivity contribution in [3.63, 3.8) is 0 Å². The standard InChI is InChI=1S/C8H17N/c1-7(2)5-6-9-8(3)4/h5-9H,1-4H3. The maximum Gasteiger partial charge on any atom is 0.0199 e. The van der Waals surface area contributed by atoms with Gasteiger partial charge in [0.2, 0.25) is 0 Å². The quantitative estimate of drug-likeness (QED) is 0.612. The molecule has 0 rings (SSSR count). The van der Waals surface area contributed by atoms with Gasteiger partial charge in [-0.05, 0) is 26.0 Å². The molecule has 0 saturated heterocycles. The van der Waals surface area contributed by atoms with E-state index in [9.17, 15) is 0 Å². The monoisotopic (exact) mass is 127 g/mol. The molecule has 1 N–H and O–H groups in total. The molecule has 0 aromatic heterocycles. The molecular formula is C8H17N. The third kappa shape index (κ3) is 7.54. The van der Waals surface area contributed by atoms with Gasteiger partial charge in [0, 0.05) is 6.04 Å². The highest BCUT2D eigenvalue weighted by Gasteiger charge is 1.84. The summed E-state index contributed by atoms with van der Waals surface area (Å²) in [7, 11) is 0. The summed E-state index contributed by atoms with van der Waals surface area (Å²) < 4.78 is 0. The van der Waals surface area contributed by atoms with Crippen molar-refractivity contribution in [2.45, 2.75) is 33.7 Å². The Morgan fingerprint density at radius 3 is 2.00 bits per heavy atom. The number of nitrogens with one attached hydrogen (secondary N) is 1. The van der Waals surface area contributed by atoms with E-state index in [4.69, 9.17) is 0 Å². The molecule has 0 radical (unpaired) electrons. The van der Waals surface area contributed by atoms with Crippen LogP contribution in [0.15, 0.2) is 12.3 Å². The van der Waals surface area contributed by atoms with Crippen molar-refractivity contribution in [3.8, 4) is 0 Å². The van der Waals surface area contributed by atoms with Crippen LogP contribution in [0.5, 0.6) is 0 Å². The maximum atomic E-state index is 3.20. The molecule has 1 heteroatoms. The molecule has 9 heavy (non-hydrogen) atoms. The molecular weight excluding hydrogens is 110 g/mol. The number of hydrogen-bond acceptors (Lipinski definition) is 1. The predicted octanol–water partition coefficient (Wildman–Crippen LogP) is 2.15. The predicted molar refractivity (Wildman–Crippen MR) is 42.2 cm³/mol. The lowest BCUT2D eigenvalue weighted by Gasteiger charge is -2.02. The Bertz CT molecular complexity index is 82.6. The van der Waals surface area contributed by atoms with E-state index in [2.05, 4.69) is 39.1 Å². The molecule has 0 heterocycles. The van der Waals surface area contributed by atoms with Crippen LogP contribution in [0.3, 0.4) is 0 Å². The topological polar surface area (TPSA) is 12.0 Å².